The minimum absolute atomic E-state index is 0.142. The van der Waals surface area contributed by atoms with E-state index in [-0.39, 0.29) is 11.1 Å². The standard InChI is InChI=1S/C26H22N4S3/c1-3-5-7-19-20(8-6-4-2)26(24-12-10-22(32-24)18(15-29)16-30)33-25(19)23-11-9-21(31-23)17(13-27)14-28/h9-12H,3-8H2,1-2H3/b25-23+,26-24+. The molecule has 0 fully saturated rings. The Balaban J connectivity index is 2.53. The summed E-state index contributed by atoms with van der Waals surface area (Å²) in [7, 11) is 0. The summed E-state index contributed by atoms with van der Waals surface area (Å²) in [6, 6.07) is 15.7. The van der Waals surface area contributed by atoms with Crippen LogP contribution in [0.2, 0.25) is 0 Å². The lowest BCUT2D eigenvalue weighted by atomic mass is 10.0. The van der Waals surface area contributed by atoms with Crippen molar-refractivity contribution in [2.45, 2.75) is 52.4 Å². The third-order valence-corrected chi connectivity index (χ3v) is 9.12. The van der Waals surface area contributed by atoms with Gasteiger partial charge in [0.2, 0.25) is 0 Å². The molecular weight excluding hydrogens is 465 g/mol. The average Bonchev–Trinajstić information content (AvgIpc) is 3.57. The van der Waals surface area contributed by atoms with Crippen LogP contribution in [-0.4, -0.2) is 0 Å². The van der Waals surface area contributed by atoms with Gasteiger partial charge in [-0.1, -0.05) is 26.7 Å². The van der Waals surface area contributed by atoms with Crippen LogP contribution in [0.3, 0.4) is 0 Å². The highest BCUT2D eigenvalue weighted by Gasteiger charge is 2.12. The van der Waals surface area contributed by atoms with Crippen LogP contribution >= 0.6 is 34.0 Å². The Bertz CT molecular complexity index is 1490. The number of hydrogen-bond acceptors (Lipinski definition) is 7. The van der Waals surface area contributed by atoms with Gasteiger partial charge in [0.1, 0.15) is 35.4 Å². The molecule has 0 spiro atoms. The van der Waals surface area contributed by atoms with E-state index in [1.165, 1.54) is 42.9 Å². The van der Waals surface area contributed by atoms with Crippen LogP contribution in [0.1, 0.15) is 50.7 Å². The molecule has 3 aromatic rings. The summed E-state index contributed by atoms with van der Waals surface area (Å²) in [5.41, 5.74) is 2.99. The van der Waals surface area contributed by atoms with Gasteiger partial charge in [-0.15, -0.1) is 34.0 Å². The monoisotopic (exact) mass is 486 g/mol. The Morgan fingerprint density at radius 2 is 1.03 bits per heavy atom. The molecule has 0 bridgehead atoms. The molecule has 0 saturated carbocycles. The van der Waals surface area contributed by atoms with Crippen LogP contribution < -0.4 is 9.06 Å². The molecule has 7 heteroatoms. The van der Waals surface area contributed by atoms with E-state index < -0.39 is 0 Å². The smallest absolute Gasteiger partial charge is 0.146 e. The highest BCUT2D eigenvalue weighted by molar-refractivity contribution is 7.13. The van der Waals surface area contributed by atoms with Crippen LogP contribution in [0.15, 0.2) is 24.3 Å². The minimum Gasteiger partial charge on any atom is -0.192 e. The zero-order chi connectivity index (χ0) is 23.8. The molecule has 3 heterocycles. The molecule has 0 radical (unpaired) electrons. The summed E-state index contributed by atoms with van der Waals surface area (Å²) in [5.74, 6) is 0. The summed E-state index contributed by atoms with van der Waals surface area (Å²) in [5, 5.41) is 37.1. The van der Waals surface area contributed by atoms with Crippen LogP contribution in [0.25, 0.3) is 11.1 Å². The first-order chi connectivity index (χ1) is 16.1. The van der Waals surface area contributed by atoms with E-state index in [0.717, 1.165) is 47.6 Å². The van der Waals surface area contributed by atoms with E-state index in [1.54, 1.807) is 11.3 Å². The normalized spacial score (nSPS) is 12.3. The first kappa shape index (κ1) is 24.4. The van der Waals surface area contributed by atoms with Crippen molar-refractivity contribution in [1.82, 2.24) is 0 Å². The third kappa shape index (κ3) is 5.24. The first-order valence-corrected chi connectivity index (χ1v) is 13.3. The predicted molar refractivity (Wildman–Crippen MR) is 134 cm³/mol. The van der Waals surface area contributed by atoms with E-state index in [1.807, 2.05) is 48.5 Å². The van der Waals surface area contributed by atoms with Crippen molar-refractivity contribution in [3.05, 3.63) is 62.6 Å². The lowest BCUT2D eigenvalue weighted by Gasteiger charge is -2.04. The van der Waals surface area contributed by atoms with Crippen molar-refractivity contribution in [1.29, 1.82) is 21.0 Å². The highest BCUT2D eigenvalue weighted by Crippen LogP contribution is 2.27. The molecule has 0 aliphatic carbocycles. The van der Waals surface area contributed by atoms with E-state index in [4.69, 9.17) is 0 Å². The van der Waals surface area contributed by atoms with Crippen LogP contribution in [0.5, 0.6) is 0 Å². The number of rotatable bonds is 6. The first-order valence-electron chi connectivity index (χ1n) is 10.8. The van der Waals surface area contributed by atoms with Gasteiger partial charge in [0, 0.05) is 18.1 Å². The highest BCUT2D eigenvalue weighted by atomic mass is 32.1. The molecule has 3 rings (SSSR count). The maximum Gasteiger partial charge on any atom is 0.146 e. The Morgan fingerprint density at radius 3 is 1.36 bits per heavy atom. The van der Waals surface area contributed by atoms with Gasteiger partial charge in [-0.2, -0.15) is 21.0 Å². The number of hydrogen-bond donors (Lipinski definition) is 0. The Hall–Kier alpha value is -3.20. The van der Waals surface area contributed by atoms with E-state index >= 15 is 0 Å². The molecule has 0 aliphatic rings. The fourth-order valence-electron chi connectivity index (χ4n) is 3.59. The summed E-state index contributed by atoms with van der Waals surface area (Å²) >= 11 is 4.73. The van der Waals surface area contributed by atoms with Gasteiger partial charge in [-0.25, -0.2) is 0 Å². The lowest BCUT2D eigenvalue weighted by Crippen LogP contribution is -1.94. The summed E-state index contributed by atoms with van der Waals surface area (Å²) in [6.45, 7) is 4.38. The topological polar surface area (TPSA) is 95.2 Å². The Labute approximate surface area is 204 Å². The molecule has 0 saturated heterocycles. The maximum absolute atomic E-state index is 9.27. The van der Waals surface area contributed by atoms with Crippen molar-refractivity contribution in [3.8, 4) is 24.3 Å². The lowest BCUT2D eigenvalue weighted by molar-refractivity contribution is 0.758. The maximum atomic E-state index is 9.27. The van der Waals surface area contributed by atoms with E-state index in [2.05, 4.69) is 13.8 Å². The number of thiophene rings is 3. The fraction of sp³-hybridized carbons (Fsp3) is 0.308. The van der Waals surface area contributed by atoms with E-state index in [0.29, 0.717) is 9.06 Å². The second-order valence-electron chi connectivity index (χ2n) is 7.45. The van der Waals surface area contributed by atoms with Crippen molar-refractivity contribution in [2.75, 3.05) is 0 Å². The molecule has 33 heavy (non-hydrogen) atoms. The van der Waals surface area contributed by atoms with Crippen molar-refractivity contribution in [2.24, 2.45) is 0 Å². The number of unbranched alkanes of at least 4 members (excludes halogenated alkanes) is 2. The van der Waals surface area contributed by atoms with Gasteiger partial charge < -0.3 is 0 Å². The van der Waals surface area contributed by atoms with Gasteiger partial charge in [0.05, 0.1) is 9.06 Å². The Morgan fingerprint density at radius 1 is 0.636 bits per heavy atom. The van der Waals surface area contributed by atoms with Gasteiger partial charge >= 0.3 is 0 Å². The molecule has 0 aromatic carbocycles. The zero-order valence-corrected chi connectivity index (χ0v) is 21.0. The fourth-order valence-corrected chi connectivity index (χ4v) is 7.17. The number of nitrogens with zero attached hydrogens (tertiary/aromatic N) is 4. The predicted octanol–water partition coefficient (Wildman–Crippen LogP) is 5.53. The SMILES string of the molecule is CCCCc1c(CCCC)/c(=c2/ccc(=C(C#N)C#N)s2)s/c1=c1\ccc(=C(C#N)C#N)s1. The van der Waals surface area contributed by atoms with Gasteiger partial charge in [0.15, 0.2) is 0 Å². The number of nitriles is 4. The van der Waals surface area contributed by atoms with Crippen LogP contribution in [-0.2, 0) is 12.8 Å². The average molecular weight is 487 g/mol. The Kier molecular flexibility index (Phi) is 8.59. The van der Waals surface area contributed by atoms with E-state index in [9.17, 15) is 21.0 Å². The van der Waals surface area contributed by atoms with Gasteiger partial charge in [-0.05, 0) is 61.1 Å². The van der Waals surface area contributed by atoms with Crippen molar-refractivity contribution >= 4 is 45.2 Å². The quantitative estimate of drug-likeness (QED) is 0.458. The van der Waals surface area contributed by atoms with Gasteiger partial charge in [0.25, 0.3) is 0 Å². The molecule has 4 nitrogen and oxygen atoms in total. The molecule has 3 aromatic heterocycles. The zero-order valence-electron chi connectivity index (χ0n) is 18.6. The molecule has 0 amide bonds. The van der Waals surface area contributed by atoms with Crippen LogP contribution in [0, 0.1) is 63.5 Å². The van der Waals surface area contributed by atoms with Gasteiger partial charge in [-0.3, -0.25) is 0 Å². The second-order valence-corrected chi connectivity index (χ2v) is 10.6. The summed E-state index contributed by atoms with van der Waals surface area (Å²) in [6.07, 6.45) is 6.33. The largest absolute Gasteiger partial charge is 0.192 e. The molecule has 0 unspecified atom stereocenters. The molecule has 0 atom stereocenters. The molecule has 0 aliphatic heterocycles. The summed E-state index contributed by atoms with van der Waals surface area (Å²) < 4.78 is 5.95. The van der Waals surface area contributed by atoms with Crippen molar-refractivity contribution < 1.29 is 0 Å². The summed E-state index contributed by atoms with van der Waals surface area (Å²) in [4.78, 5) is 0. The minimum atomic E-state index is 0.142. The molecule has 0 N–H and O–H groups in total. The third-order valence-electron chi connectivity index (χ3n) is 5.28. The molecule has 164 valence electrons. The molecular formula is C26H22N4S3. The van der Waals surface area contributed by atoms with Crippen LogP contribution in [0.4, 0.5) is 0 Å². The second kappa shape index (κ2) is 11.6. The van der Waals surface area contributed by atoms with Crippen molar-refractivity contribution in [3.63, 3.8) is 0 Å².